The van der Waals surface area contributed by atoms with Crippen molar-refractivity contribution in [2.75, 3.05) is 6.61 Å². The molecule has 76 valence electrons. The largest absolute Gasteiger partial charge is 0.396 e. The molecular weight excluding hydrogens is 176 g/mol. The first-order valence-corrected chi connectivity index (χ1v) is 4.77. The number of benzene rings is 1. The van der Waals surface area contributed by atoms with Crippen LogP contribution in [0.5, 0.6) is 0 Å². The highest BCUT2D eigenvalue weighted by Crippen LogP contribution is 2.13. The van der Waals surface area contributed by atoms with Crippen molar-refractivity contribution >= 4 is 6.08 Å². The van der Waals surface area contributed by atoms with Gasteiger partial charge in [-0.05, 0) is 24.0 Å². The van der Waals surface area contributed by atoms with Crippen LogP contribution in [-0.2, 0) is 6.42 Å². The van der Waals surface area contributed by atoms with Crippen LogP contribution >= 0.6 is 0 Å². The van der Waals surface area contributed by atoms with Gasteiger partial charge in [-0.1, -0.05) is 36.9 Å². The molecule has 0 spiro atoms. The Labute approximate surface area is 84.5 Å². The lowest BCUT2D eigenvalue weighted by molar-refractivity contribution is 0.133. The average molecular weight is 192 g/mol. The zero-order chi connectivity index (χ0) is 10.4. The predicted octanol–water partition coefficient (Wildman–Crippen LogP) is 1.62. The molecule has 2 N–H and O–H groups in total. The van der Waals surface area contributed by atoms with E-state index < -0.39 is 6.10 Å². The highest BCUT2D eigenvalue weighted by Gasteiger charge is 2.06. The summed E-state index contributed by atoms with van der Waals surface area (Å²) < 4.78 is 0. The Balaban J connectivity index is 2.70. The molecule has 0 radical (unpaired) electrons. The molecule has 1 aromatic carbocycles. The van der Waals surface area contributed by atoms with E-state index in [4.69, 9.17) is 5.11 Å². The van der Waals surface area contributed by atoms with Gasteiger partial charge in [-0.25, -0.2) is 0 Å². The van der Waals surface area contributed by atoms with E-state index in [0.29, 0.717) is 12.8 Å². The molecule has 0 aromatic heterocycles. The molecule has 0 aliphatic carbocycles. The number of aliphatic hydroxyl groups is 2. The summed E-state index contributed by atoms with van der Waals surface area (Å²) in [5.41, 5.74) is 2.12. The van der Waals surface area contributed by atoms with E-state index in [0.717, 1.165) is 11.1 Å². The summed E-state index contributed by atoms with van der Waals surface area (Å²) in [4.78, 5) is 0. The van der Waals surface area contributed by atoms with Crippen molar-refractivity contribution in [3.63, 3.8) is 0 Å². The SMILES string of the molecule is C=Cc1ccccc1CC(O)CCO. The van der Waals surface area contributed by atoms with Crippen LogP contribution in [0.15, 0.2) is 30.8 Å². The van der Waals surface area contributed by atoms with Gasteiger partial charge in [0.15, 0.2) is 0 Å². The number of rotatable bonds is 5. The molecule has 0 bridgehead atoms. The minimum absolute atomic E-state index is 0.0252. The summed E-state index contributed by atoms with van der Waals surface area (Å²) >= 11 is 0. The van der Waals surface area contributed by atoms with Crippen LogP contribution in [-0.4, -0.2) is 22.9 Å². The third-order valence-electron chi connectivity index (χ3n) is 2.19. The Hall–Kier alpha value is -1.12. The summed E-state index contributed by atoms with van der Waals surface area (Å²) in [6, 6.07) is 7.82. The maximum absolute atomic E-state index is 9.53. The smallest absolute Gasteiger partial charge is 0.0602 e. The Morgan fingerprint density at radius 2 is 2.07 bits per heavy atom. The molecule has 0 saturated carbocycles. The molecule has 0 saturated heterocycles. The first-order chi connectivity index (χ1) is 6.77. The van der Waals surface area contributed by atoms with Crippen LogP contribution in [0.25, 0.3) is 6.08 Å². The maximum atomic E-state index is 9.53. The highest BCUT2D eigenvalue weighted by atomic mass is 16.3. The quantitative estimate of drug-likeness (QED) is 0.744. The lowest BCUT2D eigenvalue weighted by Crippen LogP contribution is -2.12. The Bertz CT molecular complexity index is 294. The third kappa shape index (κ3) is 2.98. The van der Waals surface area contributed by atoms with Gasteiger partial charge >= 0.3 is 0 Å². The van der Waals surface area contributed by atoms with Gasteiger partial charge in [0.1, 0.15) is 0 Å². The molecule has 1 rings (SSSR count). The van der Waals surface area contributed by atoms with Gasteiger partial charge in [-0.15, -0.1) is 0 Å². The maximum Gasteiger partial charge on any atom is 0.0602 e. The van der Waals surface area contributed by atoms with Crippen LogP contribution in [0.4, 0.5) is 0 Å². The second kappa shape index (κ2) is 5.58. The summed E-state index contributed by atoms with van der Waals surface area (Å²) in [6.07, 6.45) is 2.30. The van der Waals surface area contributed by atoms with Crippen molar-refractivity contribution in [1.82, 2.24) is 0 Å². The monoisotopic (exact) mass is 192 g/mol. The van der Waals surface area contributed by atoms with Crippen LogP contribution in [0.2, 0.25) is 0 Å². The summed E-state index contributed by atoms with van der Waals surface area (Å²) in [5, 5.41) is 18.2. The fraction of sp³-hybridized carbons (Fsp3) is 0.333. The topological polar surface area (TPSA) is 40.5 Å². The Morgan fingerprint density at radius 1 is 1.36 bits per heavy atom. The molecule has 1 aromatic rings. The highest BCUT2D eigenvalue weighted by molar-refractivity contribution is 5.51. The van der Waals surface area contributed by atoms with Gasteiger partial charge in [-0.3, -0.25) is 0 Å². The molecule has 1 atom stereocenters. The van der Waals surface area contributed by atoms with Gasteiger partial charge in [-0.2, -0.15) is 0 Å². The molecular formula is C12H16O2. The van der Waals surface area contributed by atoms with Crippen LogP contribution < -0.4 is 0 Å². The van der Waals surface area contributed by atoms with Crippen molar-refractivity contribution < 1.29 is 10.2 Å². The predicted molar refractivity (Wildman–Crippen MR) is 57.9 cm³/mol. The first-order valence-electron chi connectivity index (χ1n) is 4.77. The number of hydrogen-bond donors (Lipinski definition) is 2. The Kier molecular flexibility index (Phi) is 4.36. The first kappa shape index (κ1) is 11.0. The van der Waals surface area contributed by atoms with Gasteiger partial charge < -0.3 is 10.2 Å². The fourth-order valence-electron chi connectivity index (χ4n) is 1.42. The molecule has 1 unspecified atom stereocenters. The minimum Gasteiger partial charge on any atom is -0.396 e. The van der Waals surface area contributed by atoms with Crippen LogP contribution in [0.3, 0.4) is 0 Å². The van der Waals surface area contributed by atoms with Gasteiger partial charge in [0.2, 0.25) is 0 Å². The number of aliphatic hydroxyl groups excluding tert-OH is 2. The lowest BCUT2D eigenvalue weighted by atomic mass is 10.0. The van der Waals surface area contributed by atoms with Crippen molar-refractivity contribution in [2.45, 2.75) is 18.9 Å². The van der Waals surface area contributed by atoms with E-state index in [9.17, 15) is 5.11 Å². The minimum atomic E-state index is -0.471. The molecule has 0 fully saturated rings. The summed E-state index contributed by atoms with van der Waals surface area (Å²) in [7, 11) is 0. The lowest BCUT2D eigenvalue weighted by Gasteiger charge is -2.10. The van der Waals surface area contributed by atoms with E-state index >= 15 is 0 Å². The Morgan fingerprint density at radius 3 is 2.71 bits per heavy atom. The van der Waals surface area contributed by atoms with E-state index in [1.165, 1.54) is 0 Å². The van der Waals surface area contributed by atoms with Crippen LogP contribution in [0, 0.1) is 0 Å². The number of hydrogen-bond acceptors (Lipinski definition) is 2. The van der Waals surface area contributed by atoms with E-state index in [1.54, 1.807) is 6.08 Å². The van der Waals surface area contributed by atoms with Crippen molar-refractivity contribution in [1.29, 1.82) is 0 Å². The van der Waals surface area contributed by atoms with Gasteiger partial charge in [0, 0.05) is 6.61 Å². The van der Waals surface area contributed by atoms with E-state index in [1.807, 2.05) is 24.3 Å². The normalized spacial score (nSPS) is 12.4. The van der Waals surface area contributed by atoms with Gasteiger partial charge in [0.05, 0.1) is 6.10 Å². The third-order valence-corrected chi connectivity index (χ3v) is 2.19. The summed E-state index contributed by atoms with van der Waals surface area (Å²) in [6.45, 7) is 3.74. The van der Waals surface area contributed by atoms with E-state index in [-0.39, 0.29) is 6.61 Å². The molecule has 2 nitrogen and oxygen atoms in total. The zero-order valence-electron chi connectivity index (χ0n) is 8.19. The second-order valence-corrected chi connectivity index (χ2v) is 3.27. The molecule has 2 heteroatoms. The molecule has 14 heavy (non-hydrogen) atoms. The van der Waals surface area contributed by atoms with Crippen molar-refractivity contribution in [3.05, 3.63) is 42.0 Å². The van der Waals surface area contributed by atoms with Crippen molar-refractivity contribution in [3.8, 4) is 0 Å². The standard InChI is InChI=1S/C12H16O2/c1-2-10-5-3-4-6-11(10)9-12(14)7-8-13/h2-6,12-14H,1,7-9H2. The molecule has 0 amide bonds. The van der Waals surface area contributed by atoms with Gasteiger partial charge in [0.25, 0.3) is 0 Å². The van der Waals surface area contributed by atoms with Crippen molar-refractivity contribution in [2.24, 2.45) is 0 Å². The molecule has 0 heterocycles. The zero-order valence-corrected chi connectivity index (χ0v) is 8.19. The van der Waals surface area contributed by atoms with Crippen LogP contribution in [0.1, 0.15) is 17.5 Å². The second-order valence-electron chi connectivity index (χ2n) is 3.27. The van der Waals surface area contributed by atoms with E-state index in [2.05, 4.69) is 6.58 Å². The molecule has 0 aliphatic heterocycles. The average Bonchev–Trinajstić information content (AvgIpc) is 2.19. The summed E-state index contributed by atoms with van der Waals surface area (Å²) in [5.74, 6) is 0. The molecule has 0 aliphatic rings. The fourth-order valence-corrected chi connectivity index (χ4v) is 1.42.